The Morgan fingerprint density at radius 2 is 1.87 bits per heavy atom. The second-order valence-electron chi connectivity index (χ2n) is 6.73. The summed E-state index contributed by atoms with van der Waals surface area (Å²) in [5.41, 5.74) is -0.409. The molecule has 2 heterocycles. The number of carbonyl (C=O) groups is 1. The van der Waals surface area contributed by atoms with E-state index in [-0.39, 0.29) is 23.8 Å². The first-order valence-electron chi connectivity index (χ1n) is 7.86. The number of rotatable bonds is 5. The maximum Gasteiger partial charge on any atom is 0.466 e. The lowest BCUT2D eigenvalue weighted by molar-refractivity contribution is -0.143. The van der Waals surface area contributed by atoms with Crippen LogP contribution in [0.25, 0.3) is 0 Å². The van der Waals surface area contributed by atoms with Crippen molar-refractivity contribution in [1.82, 2.24) is 4.98 Å². The molecule has 1 aromatic heterocycles. The summed E-state index contributed by atoms with van der Waals surface area (Å²) < 4.78 is 17.2. The normalized spacial score (nSPS) is 20.3. The van der Waals surface area contributed by atoms with Gasteiger partial charge in [0.25, 0.3) is 0 Å². The van der Waals surface area contributed by atoms with Crippen LogP contribution in [0, 0.1) is 0 Å². The molecule has 23 heavy (non-hydrogen) atoms. The Labute approximate surface area is 136 Å². The van der Waals surface area contributed by atoms with Gasteiger partial charge in [-0.1, -0.05) is 6.07 Å². The van der Waals surface area contributed by atoms with E-state index in [1.165, 1.54) is 6.07 Å². The zero-order valence-electron chi connectivity index (χ0n) is 14.3. The molecule has 1 fully saturated rings. The predicted molar refractivity (Wildman–Crippen MR) is 87.1 cm³/mol. The molecule has 0 aliphatic carbocycles. The second kappa shape index (κ2) is 6.49. The monoisotopic (exact) mass is 321 g/mol. The van der Waals surface area contributed by atoms with Crippen LogP contribution < -0.4 is 5.56 Å². The molecule has 0 amide bonds. The summed E-state index contributed by atoms with van der Waals surface area (Å²) in [5, 5.41) is 0. The van der Waals surface area contributed by atoms with E-state index in [1.54, 1.807) is 19.2 Å². The van der Waals surface area contributed by atoms with Gasteiger partial charge in [-0.2, -0.15) is 0 Å². The van der Waals surface area contributed by atoms with Crippen LogP contribution in [-0.4, -0.2) is 35.9 Å². The van der Waals surface area contributed by atoms with Gasteiger partial charge >= 0.3 is 13.1 Å². The van der Waals surface area contributed by atoms with Crippen LogP contribution in [0.1, 0.15) is 52.4 Å². The first-order valence-corrected chi connectivity index (χ1v) is 7.86. The Morgan fingerprint density at radius 1 is 1.26 bits per heavy atom. The number of pyridine rings is 1. The molecule has 1 aromatic rings. The summed E-state index contributed by atoms with van der Waals surface area (Å²) >= 11 is 0. The van der Waals surface area contributed by atoms with E-state index < -0.39 is 18.3 Å². The van der Waals surface area contributed by atoms with Crippen molar-refractivity contribution >= 4 is 13.1 Å². The number of H-pyrrole nitrogens is 1. The average Bonchev–Trinajstić information content (AvgIpc) is 2.66. The zero-order chi connectivity index (χ0) is 17.3. The van der Waals surface area contributed by atoms with Crippen LogP contribution in [0.4, 0.5) is 0 Å². The maximum atomic E-state index is 12.0. The Morgan fingerprint density at radius 3 is 2.35 bits per heavy atom. The first kappa shape index (κ1) is 17.8. The van der Waals surface area contributed by atoms with Crippen LogP contribution in [0.5, 0.6) is 0 Å². The predicted octanol–water partition coefficient (Wildman–Crippen LogP) is 2.04. The largest absolute Gasteiger partial charge is 0.466 e. The number of carbonyl (C=O) groups excluding carboxylic acids is 1. The fraction of sp³-hybridized carbons (Fsp3) is 0.625. The van der Waals surface area contributed by atoms with E-state index in [0.29, 0.717) is 6.61 Å². The molecule has 1 aliphatic heterocycles. The van der Waals surface area contributed by atoms with Gasteiger partial charge in [0, 0.05) is 18.1 Å². The fourth-order valence-corrected chi connectivity index (χ4v) is 2.48. The van der Waals surface area contributed by atoms with Crippen molar-refractivity contribution < 1.29 is 18.8 Å². The third-order valence-corrected chi connectivity index (χ3v) is 4.53. The molecule has 1 aliphatic rings. The lowest BCUT2D eigenvalue weighted by atomic mass is 9.66. The van der Waals surface area contributed by atoms with Crippen LogP contribution in [0.2, 0.25) is 0 Å². The lowest BCUT2D eigenvalue weighted by Gasteiger charge is -2.32. The van der Waals surface area contributed by atoms with Crippen molar-refractivity contribution in [2.45, 2.75) is 58.1 Å². The summed E-state index contributed by atoms with van der Waals surface area (Å²) in [5.74, 6) is -0.676. The molecule has 7 heteroatoms. The van der Waals surface area contributed by atoms with Crippen molar-refractivity contribution in [3.63, 3.8) is 0 Å². The van der Waals surface area contributed by atoms with Crippen LogP contribution in [-0.2, 0) is 18.8 Å². The first-order chi connectivity index (χ1) is 10.7. The number of ether oxygens (including phenoxy) is 1. The molecule has 1 N–H and O–H groups in total. The molecule has 0 bridgehead atoms. The van der Waals surface area contributed by atoms with E-state index in [1.807, 2.05) is 27.7 Å². The highest BCUT2D eigenvalue weighted by Crippen LogP contribution is 2.41. The van der Waals surface area contributed by atoms with E-state index in [4.69, 9.17) is 14.0 Å². The Hall–Kier alpha value is -1.60. The molecule has 6 nitrogen and oxygen atoms in total. The minimum Gasteiger partial charge on any atom is -0.466 e. The van der Waals surface area contributed by atoms with Crippen molar-refractivity contribution in [3.05, 3.63) is 34.2 Å². The average molecular weight is 321 g/mol. The van der Waals surface area contributed by atoms with Gasteiger partial charge in [-0.15, -0.1) is 0 Å². The van der Waals surface area contributed by atoms with Gasteiger partial charge in [-0.3, -0.25) is 9.59 Å². The highest BCUT2D eigenvalue weighted by molar-refractivity contribution is 6.48. The van der Waals surface area contributed by atoms with Gasteiger partial charge in [0.15, 0.2) is 0 Å². The van der Waals surface area contributed by atoms with Crippen molar-refractivity contribution in [3.8, 4) is 0 Å². The Balaban J connectivity index is 2.29. The quantitative estimate of drug-likeness (QED) is 0.663. The number of nitrogens with one attached hydrogen (secondary N) is 1. The summed E-state index contributed by atoms with van der Waals surface area (Å²) in [6, 6.07) is 3.12. The third-order valence-electron chi connectivity index (χ3n) is 4.53. The molecule has 0 radical (unpaired) electrons. The van der Waals surface area contributed by atoms with Crippen molar-refractivity contribution in [2.24, 2.45) is 0 Å². The number of hydrogen-bond donors (Lipinski definition) is 1. The highest BCUT2D eigenvalue weighted by Gasteiger charge is 2.54. The topological polar surface area (TPSA) is 77.6 Å². The second-order valence-corrected chi connectivity index (χ2v) is 6.73. The van der Waals surface area contributed by atoms with Crippen LogP contribution >= 0.6 is 0 Å². The number of aromatic amines is 1. The van der Waals surface area contributed by atoms with E-state index in [9.17, 15) is 9.59 Å². The fourth-order valence-electron chi connectivity index (χ4n) is 2.48. The van der Waals surface area contributed by atoms with Gasteiger partial charge < -0.3 is 19.0 Å². The molecule has 2 rings (SSSR count). The highest BCUT2D eigenvalue weighted by atomic mass is 16.7. The van der Waals surface area contributed by atoms with Gasteiger partial charge in [-0.05, 0) is 40.2 Å². The number of aromatic nitrogens is 1. The third kappa shape index (κ3) is 3.84. The zero-order valence-corrected chi connectivity index (χ0v) is 14.3. The molecule has 0 aromatic carbocycles. The van der Waals surface area contributed by atoms with Gasteiger partial charge in [0.2, 0.25) is 5.56 Å². The summed E-state index contributed by atoms with van der Waals surface area (Å²) in [6.07, 6.45) is 1.72. The smallest absolute Gasteiger partial charge is 0.466 e. The molecule has 1 saturated heterocycles. The molecule has 1 atom stereocenters. The minimum atomic E-state index is -0.588. The maximum absolute atomic E-state index is 12.0. The van der Waals surface area contributed by atoms with Gasteiger partial charge in [0.1, 0.15) is 0 Å². The molecule has 1 unspecified atom stereocenters. The van der Waals surface area contributed by atoms with E-state index in [0.717, 1.165) is 5.56 Å². The van der Waals surface area contributed by atoms with Crippen LogP contribution in [0.15, 0.2) is 23.1 Å². The lowest BCUT2D eigenvalue weighted by Crippen LogP contribution is -2.41. The Kier molecular flexibility index (Phi) is 5.01. The van der Waals surface area contributed by atoms with E-state index in [2.05, 4.69) is 4.98 Å². The number of hydrogen-bond acceptors (Lipinski definition) is 5. The summed E-state index contributed by atoms with van der Waals surface area (Å²) in [6.45, 7) is 9.92. The molecular weight excluding hydrogens is 297 g/mol. The minimum absolute atomic E-state index is 0.122. The SMILES string of the molecule is CCOC(=O)CC(B1OC(C)(C)C(C)(C)O1)c1ccc(=O)[nH]c1. The van der Waals surface area contributed by atoms with Crippen molar-refractivity contribution in [2.75, 3.05) is 6.61 Å². The van der Waals surface area contributed by atoms with Gasteiger partial charge in [0.05, 0.1) is 24.2 Å². The Bertz CT molecular complexity index is 589. The van der Waals surface area contributed by atoms with Crippen LogP contribution in [0.3, 0.4) is 0 Å². The summed E-state index contributed by atoms with van der Waals surface area (Å²) in [7, 11) is -0.588. The molecule has 0 spiro atoms. The van der Waals surface area contributed by atoms with Crippen molar-refractivity contribution in [1.29, 1.82) is 0 Å². The standard InChI is InChI=1S/C16H24BNO5/c1-6-21-14(20)9-12(11-7-8-13(19)18-10-11)17-22-15(2,3)16(4,5)23-17/h7-8,10,12H,6,9H2,1-5H3,(H,18,19). The molecular formula is C16H24BNO5. The van der Waals surface area contributed by atoms with Gasteiger partial charge in [-0.25, -0.2) is 0 Å². The molecule has 0 saturated carbocycles. The summed E-state index contributed by atoms with van der Waals surface area (Å²) in [4.78, 5) is 25.9. The number of esters is 1. The molecule has 126 valence electrons. The van der Waals surface area contributed by atoms with E-state index >= 15 is 0 Å².